The molecule has 1 aliphatic heterocycles. The molecular formula is C62H56N5OPd-3. The predicted octanol–water partition coefficient (Wildman–Crippen LogP) is 16.5. The van der Waals surface area contributed by atoms with Gasteiger partial charge in [0.25, 0.3) is 0 Å². The number of benzene rings is 7. The number of para-hydroxylation sites is 4. The normalized spacial score (nSPS) is 13.1. The summed E-state index contributed by atoms with van der Waals surface area (Å²) < 4.78 is 11.7. The maximum absolute atomic E-state index is 6.98. The quantitative estimate of drug-likeness (QED) is 0.118. The molecular weight excluding hydrogens is 937 g/mol. The van der Waals surface area contributed by atoms with Crippen molar-refractivity contribution < 1.29 is 25.2 Å². The first-order chi connectivity index (χ1) is 32.6. The van der Waals surface area contributed by atoms with Gasteiger partial charge in [0.1, 0.15) is 5.82 Å². The van der Waals surface area contributed by atoms with Gasteiger partial charge in [-0.05, 0) is 81.5 Å². The molecule has 7 aromatic carbocycles. The standard InChI is InChI=1S/C62H56N5O.Pd/c1-60(2,3)42-28-30-44(31-29-42)64-40-65(55-27-19-18-26-54(55)64)46-34-43(61(4,5)6)35-48(36-46)68-47-32-33-50-56(37-47)67(57-38-52(62(7,8)9)51(39-63-57)41-20-12-10-13-21-41)59-49-24-16-17-25-53(49)66(58(50)59)45-22-14-11-15-23-45;/h10-35,38-40H,1-9H3;/q-3;. The fourth-order valence-corrected chi connectivity index (χ4v) is 9.70. The van der Waals surface area contributed by atoms with Crippen molar-refractivity contribution in [3.63, 3.8) is 0 Å². The third kappa shape index (κ3) is 8.22. The zero-order valence-corrected chi connectivity index (χ0v) is 42.3. The second kappa shape index (κ2) is 17.2. The van der Waals surface area contributed by atoms with Crippen LogP contribution in [0.3, 0.4) is 0 Å². The molecule has 3 aromatic heterocycles. The number of aromatic nitrogens is 3. The molecule has 6 nitrogen and oxygen atoms in total. The monoisotopic (exact) mass is 992 g/mol. The van der Waals surface area contributed by atoms with Crippen LogP contribution in [-0.4, -0.2) is 14.1 Å². The number of pyridine rings is 1. The molecule has 11 rings (SSSR count). The van der Waals surface area contributed by atoms with Crippen molar-refractivity contribution in [1.82, 2.24) is 14.1 Å². The number of fused-ring (bicyclic) bond motifs is 6. The Bertz CT molecular complexity index is 3510. The van der Waals surface area contributed by atoms with Crippen LogP contribution in [0.25, 0.3) is 55.5 Å². The number of rotatable bonds is 7. The molecule has 0 unspecified atom stereocenters. The van der Waals surface area contributed by atoms with E-state index in [9.17, 15) is 0 Å². The maximum atomic E-state index is 6.98. The minimum Gasteiger partial charge on any atom is -0.509 e. The number of hydrogen-bond acceptors (Lipinski definition) is 4. The van der Waals surface area contributed by atoms with Crippen molar-refractivity contribution in [3.05, 3.63) is 205 Å². The van der Waals surface area contributed by atoms with Gasteiger partial charge < -0.3 is 23.7 Å². The van der Waals surface area contributed by atoms with E-state index in [2.05, 4.69) is 258 Å². The molecule has 0 atom stereocenters. The van der Waals surface area contributed by atoms with Gasteiger partial charge in [0, 0.05) is 77.3 Å². The van der Waals surface area contributed by atoms with Crippen LogP contribution >= 0.6 is 0 Å². The van der Waals surface area contributed by atoms with Gasteiger partial charge in [-0.2, -0.15) is 6.07 Å². The number of nitrogens with zero attached hydrogens (tertiary/aromatic N) is 5. The Morgan fingerprint density at radius 3 is 1.81 bits per heavy atom. The molecule has 0 bridgehead atoms. The second-order valence-corrected chi connectivity index (χ2v) is 21.1. The molecule has 348 valence electrons. The van der Waals surface area contributed by atoms with Crippen LogP contribution in [0.5, 0.6) is 11.5 Å². The van der Waals surface area contributed by atoms with Crippen LogP contribution in [0, 0.1) is 18.8 Å². The van der Waals surface area contributed by atoms with E-state index in [1.165, 1.54) is 11.1 Å². The molecule has 0 saturated heterocycles. The minimum absolute atomic E-state index is 0. The smallest absolute Gasteiger partial charge is 0.136 e. The molecule has 69 heavy (non-hydrogen) atoms. The van der Waals surface area contributed by atoms with E-state index >= 15 is 0 Å². The third-order valence-electron chi connectivity index (χ3n) is 13.3. The molecule has 7 heteroatoms. The van der Waals surface area contributed by atoms with Gasteiger partial charge in [-0.3, -0.25) is 0 Å². The van der Waals surface area contributed by atoms with Crippen LogP contribution in [0.15, 0.2) is 170 Å². The molecule has 10 aromatic rings. The Morgan fingerprint density at radius 1 is 0.507 bits per heavy atom. The number of ether oxygens (including phenoxy) is 1. The zero-order chi connectivity index (χ0) is 47.1. The summed E-state index contributed by atoms with van der Waals surface area (Å²) >= 11 is 0. The van der Waals surface area contributed by atoms with E-state index in [0.717, 1.165) is 83.8 Å². The van der Waals surface area contributed by atoms with Crippen LogP contribution in [0.1, 0.15) is 79.0 Å². The maximum Gasteiger partial charge on any atom is 0.136 e. The molecule has 4 heterocycles. The summed E-state index contributed by atoms with van der Waals surface area (Å²) in [6, 6.07) is 65.7. The van der Waals surface area contributed by atoms with E-state index in [-0.39, 0.29) is 36.7 Å². The summed E-state index contributed by atoms with van der Waals surface area (Å²) in [5.74, 6) is 2.03. The Morgan fingerprint density at radius 2 is 1.13 bits per heavy atom. The van der Waals surface area contributed by atoms with Gasteiger partial charge in [0.05, 0.1) is 11.0 Å². The van der Waals surface area contributed by atoms with Gasteiger partial charge in [-0.25, -0.2) is 4.98 Å². The second-order valence-electron chi connectivity index (χ2n) is 21.1. The largest absolute Gasteiger partial charge is 0.509 e. The van der Waals surface area contributed by atoms with Crippen LogP contribution in [-0.2, 0) is 36.7 Å². The van der Waals surface area contributed by atoms with E-state index in [0.29, 0.717) is 11.5 Å². The first-order valence-corrected chi connectivity index (χ1v) is 23.6. The topological polar surface area (TPSA) is 38.5 Å². The summed E-state index contributed by atoms with van der Waals surface area (Å²) in [6.07, 6.45) is 2.05. The fraction of sp³-hybridized carbons (Fsp3) is 0.194. The van der Waals surface area contributed by atoms with Crippen molar-refractivity contribution >= 4 is 55.6 Å². The Labute approximate surface area is 420 Å². The average molecular weight is 994 g/mol. The van der Waals surface area contributed by atoms with E-state index < -0.39 is 0 Å². The van der Waals surface area contributed by atoms with Gasteiger partial charge in [-0.1, -0.05) is 164 Å². The first kappa shape index (κ1) is 45.9. The van der Waals surface area contributed by atoms with Gasteiger partial charge in [0.2, 0.25) is 0 Å². The summed E-state index contributed by atoms with van der Waals surface area (Å²) in [7, 11) is 0. The summed E-state index contributed by atoms with van der Waals surface area (Å²) in [4.78, 5) is 9.79. The van der Waals surface area contributed by atoms with Crippen molar-refractivity contribution in [2.45, 2.75) is 78.6 Å². The Hall–Kier alpha value is -6.91. The molecule has 1 aliphatic rings. The van der Waals surface area contributed by atoms with Gasteiger partial charge in [-0.15, -0.1) is 48.3 Å². The molecule has 0 saturated carbocycles. The molecule has 0 fully saturated rings. The van der Waals surface area contributed by atoms with Gasteiger partial charge >= 0.3 is 0 Å². The first-order valence-electron chi connectivity index (χ1n) is 23.6. The van der Waals surface area contributed by atoms with E-state index in [1.807, 2.05) is 12.3 Å². The summed E-state index contributed by atoms with van der Waals surface area (Å²) in [5, 5.41) is 2.17. The van der Waals surface area contributed by atoms with Crippen LogP contribution < -0.4 is 14.5 Å². The minimum atomic E-state index is -0.177. The van der Waals surface area contributed by atoms with Gasteiger partial charge in [0.15, 0.2) is 0 Å². The van der Waals surface area contributed by atoms with Crippen LogP contribution in [0.2, 0.25) is 0 Å². The molecule has 0 N–H and O–H groups in total. The van der Waals surface area contributed by atoms with Crippen LogP contribution in [0.4, 0.5) is 22.7 Å². The molecule has 0 amide bonds. The summed E-state index contributed by atoms with van der Waals surface area (Å²) in [6.45, 7) is 22.5. The van der Waals surface area contributed by atoms with E-state index in [4.69, 9.17) is 9.72 Å². The fourth-order valence-electron chi connectivity index (χ4n) is 9.70. The van der Waals surface area contributed by atoms with Crippen molar-refractivity contribution in [1.29, 1.82) is 0 Å². The predicted molar refractivity (Wildman–Crippen MR) is 283 cm³/mol. The van der Waals surface area contributed by atoms with Crippen molar-refractivity contribution in [2.24, 2.45) is 0 Å². The third-order valence-corrected chi connectivity index (χ3v) is 13.3. The number of anilines is 4. The molecule has 0 aliphatic carbocycles. The average Bonchev–Trinajstić information content (AvgIpc) is 3.99. The zero-order valence-electron chi connectivity index (χ0n) is 40.7. The number of hydrogen-bond donors (Lipinski definition) is 0. The Balaban J connectivity index is 0.00000553. The van der Waals surface area contributed by atoms with Crippen molar-refractivity contribution in [2.75, 3.05) is 9.80 Å². The van der Waals surface area contributed by atoms with E-state index in [1.54, 1.807) is 0 Å². The molecule has 0 spiro atoms. The molecule has 0 radical (unpaired) electrons. The summed E-state index contributed by atoms with van der Waals surface area (Å²) in [5.41, 5.74) is 15.0. The Kier molecular flexibility index (Phi) is 11.5. The van der Waals surface area contributed by atoms with Crippen molar-refractivity contribution in [3.8, 4) is 34.1 Å². The SMILES string of the molecule is CC(C)(C)c1ccc(N2[CH-]N(c3[c-]c(Oc4[c-]c5c(cc4)c4c(c6ccccc6n4-c4ccccc4)n5-c4cc(C(C)(C)C)c(-c5ccccc5)cn4)cc(C(C)(C)C)c3)c3ccccc32)cc1.[Pd].